The highest BCUT2D eigenvalue weighted by Gasteiger charge is 2.21. The first-order valence-corrected chi connectivity index (χ1v) is 11.2. The molecule has 8 heteroatoms. The second kappa shape index (κ2) is 8.78. The summed E-state index contributed by atoms with van der Waals surface area (Å²) in [4.78, 5) is 11.4. The number of fused-ring (bicyclic) bond motifs is 2. The van der Waals surface area contributed by atoms with Crippen molar-refractivity contribution in [1.82, 2.24) is 24.6 Å². The number of benzene rings is 1. The van der Waals surface area contributed by atoms with E-state index in [0.717, 1.165) is 54.8 Å². The predicted octanol–water partition coefficient (Wildman–Crippen LogP) is 4.41. The number of ether oxygens (including phenoxy) is 1. The normalized spacial score (nSPS) is 17.6. The molecule has 0 spiro atoms. The van der Waals surface area contributed by atoms with E-state index in [1.54, 1.807) is 7.11 Å². The number of rotatable bonds is 6. The lowest BCUT2D eigenvalue weighted by Gasteiger charge is -2.28. The number of alkyl halides is 1. The number of nitrogens with zero attached hydrogens (tertiary/aromatic N) is 5. The summed E-state index contributed by atoms with van der Waals surface area (Å²) >= 11 is 0. The lowest BCUT2D eigenvalue weighted by molar-refractivity contribution is 0.231. The zero-order valence-corrected chi connectivity index (χ0v) is 18.0. The Labute approximate surface area is 181 Å². The minimum atomic E-state index is -0.320. The summed E-state index contributed by atoms with van der Waals surface area (Å²) in [6.07, 6.45) is 10.7. The first-order valence-electron chi connectivity index (χ1n) is 11.2. The van der Waals surface area contributed by atoms with Crippen molar-refractivity contribution in [3.05, 3.63) is 35.7 Å². The van der Waals surface area contributed by atoms with Crippen molar-refractivity contribution in [1.29, 1.82) is 0 Å². The Morgan fingerprint density at radius 2 is 2.03 bits per heavy atom. The summed E-state index contributed by atoms with van der Waals surface area (Å²) < 4.78 is 20.5. The Hall–Kier alpha value is -2.74. The van der Waals surface area contributed by atoms with Crippen molar-refractivity contribution < 1.29 is 9.13 Å². The van der Waals surface area contributed by atoms with Gasteiger partial charge in [0.15, 0.2) is 5.65 Å². The zero-order valence-electron chi connectivity index (χ0n) is 18.0. The molecule has 0 radical (unpaired) electrons. The van der Waals surface area contributed by atoms with Crippen LogP contribution in [-0.4, -0.2) is 51.5 Å². The fraction of sp³-hybridized carbons (Fsp3) is 0.522. The number of anilines is 2. The summed E-state index contributed by atoms with van der Waals surface area (Å²) in [6, 6.07) is 4.58. The van der Waals surface area contributed by atoms with Crippen molar-refractivity contribution in [3.63, 3.8) is 0 Å². The maximum atomic E-state index is 12.8. The highest BCUT2D eigenvalue weighted by molar-refractivity contribution is 5.76. The van der Waals surface area contributed by atoms with E-state index in [9.17, 15) is 4.39 Å². The van der Waals surface area contributed by atoms with Crippen LogP contribution in [0, 0.1) is 0 Å². The molecule has 5 rings (SSSR count). The molecule has 31 heavy (non-hydrogen) atoms. The SMILES string of the molecule is COc1cc2c(cc1Nc1ncc3cnn(C4CCCCC4)c3n1)CN(CCF)CC2. The van der Waals surface area contributed by atoms with E-state index in [2.05, 4.69) is 37.1 Å². The lowest BCUT2D eigenvalue weighted by atomic mass is 9.96. The fourth-order valence-electron chi connectivity index (χ4n) is 4.83. The van der Waals surface area contributed by atoms with E-state index in [4.69, 9.17) is 9.72 Å². The summed E-state index contributed by atoms with van der Waals surface area (Å²) in [6.45, 7) is 1.77. The van der Waals surface area contributed by atoms with Crippen LogP contribution in [0.15, 0.2) is 24.5 Å². The largest absolute Gasteiger partial charge is 0.495 e. The number of hydrogen-bond donors (Lipinski definition) is 1. The molecule has 3 aromatic rings. The molecule has 0 atom stereocenters. The summed E-state index contributed by atoms with van der Waals surface area (Å²) in [7, 11) is 1.67. The standard InChI is InChI=1S/C23H29FN6O/c1-31-21-12-16-7-9-29(10-8-24)15-17(16)11-20(21)27-23-25-13-18-14-26-30(22(18)28-23)19-5-3-2-4-6-19/h11-14,19H,2-10,15H2,1H3,(H,25,27,28). The van der Waals surface area contributed by atoms with Crippen LogP contribution in [0.4, 0.5) is 16.0 Å². The zero-order chi connectivity index (χ0) is 21.2. The summed E-state index contributed by atoms with van der Waals surface area (Å²) in [5.41, 5.74) is 4.14. The molecule has 0 saturated heterocycles. The van der Waals surface area contributed by atoms with E-state index in [1.165, 1.54) is 30.4 Å². The van der Waals surface area contributed by atoms with Gasteiger partial charge in [0.05, 0.1) is 30.4 Å². The minimum absolute atomic E-state index is 0.320. The van der Waals surface area contributed by atoms with Gasteiger partial charge in [0, 0.05) is 25.8 Å². The van der Waals surface area contributed by atoms with Crippen LogP contribution < -0.4 is 10.1 Å². The third-order valence-corrected chi connectivity index (χ3v) is 6.51. The first kappa shape index (κ1) is 20.2. The maximum absolute atomic E-state index is 12.8. The van der Waals surface area contributed by atoms with E-state index >= 15 is 0 Å². The number of aromatic nitrogens is 4. The quantitative estimate of drug-likeness (QED) is 0.632. The fourth-order valence-corrected chi connectivity index (χ4v) is 4.83. The van der Waals surface area contributed by atoms with Crippen LogP contribution >= 0.6 is 0 Å². The monoisotopic (exact) mass is 424 g/mol. The van der Waals surface area contributed by atoms with Gasteiger partial charge in [-0.3, -0.25) is 4.90 Å². The molecular formula is C23H29FN6O. The van der Waals surface area contributed by atoms with Gasteiger partial charge in [-0.2, -0.15) is 10.1 Å². The Kier molecular flexibility index (Phi) is 5.72. The van der Waals surface area contributed by atoms with Crippen LogP contribution in [-0.2, 0) is 13.0 Å². The number of methoxy groups -OCH3 is 1. The van der Waals surface area contributed by atoms with Gasteiger partial charge in [-0.05, 0) is 42.5 Å². The smallest absolute Gasteiger partial charge is 0.229 e. The molecule has 0 unspecified atom stereocenters. The van der Waals surface area contributed by atoms with Crippen molar-refractivity contribution in [2.45, 2.75) is 51.1 Å². The molecule has 164 valence electrons. The molecule has 1 N–H and O–H groups in total. The summed E-state index contributed by atoms with van der Waals surface area (Å²) in [5.74, 6) is 1.29. The van der Waals surface area contributed by atoms with E-state index in [-0.39, 0.29) is 6.67 Å². The number of nitrogens with one attached hydrogen (secondary N) is 1. The highest BCUT2D eigenvalue weighted by Crippen LogP contribution is 2.34. The molecule has 1 aliphatic heterocycles. The molecule has 2 aromatic heterocycles. The van der Waals surface area contributed by atoms with Gasteiger partial charge in [-0.1, -0.05) is 19.3 Å². The van der Waals surface area contributed by atoms with Gasteiger partial charge in [0.2, 0.25) is 5.95 Å². The Bertz CT molecular complexity index is 1060. The van der Waals surface area contributed by atoms with Crippen LogP contribution in [0.5, 0.6) is 5.75 Å². The van der Waals surface area contributed by atoms with E-state index in [0.29, 0.717) is 18.5 Å². The Morgan fingerprint density at radius 1 is 1.16 bits per heavy atom. The highest BCUT2D eigenvalue weighted by atomic mass is 19.1. The molecule has 0 amide bonds. The van der Waals surface area contributed by atoms with Crippen LogP contribution in [0.2, 0.25) is 0 Å². The van der Waals surface area contributed by atoms with Gasteiger partial charge in [-0.25, -0.2) is 14.1 Å². The van der Waals surface area contributed by atoms with Gasteiger partial charge < -0.3 is 10.1 Å². The van der Waals surface area contributed by atoms with Crippen molar-refractivity contribution in [3.8, 4) is 5.75 Å². The molecule has 1 saturated carbocycles. The summed E-state index contributed by atoms with van der Waals surface area (Å²) in [5, 5.41) is 8.92. The second-order valence-corrected chi connectivity index (χ2v) is 8.51. The third-order valence-electron chi connectivity index (χ3n) is 6.51. The Morgan fingerprint density at radius 3 is 2.84 bits per heavy atom. The van der Waals surface area contributed by atoms with Gasteiger partial charge in [0.1, 0.15) is 12.4 Å². The molecule has 1 aliphatic carbocycles. The molecular weight excluding hydrogens is 395 g/mol. The molecule has 2 aliphatic rings. The van der Waals surface area contributed by atoms with Crippen molar-refractivity contribution in [2.75, 3.05) is 32.2 Å². The minimum Gasteiger partial charge on any atom is -0.495 e. The van der Waals surface area contributed by atoms with Gasteiger partial charge in [0.25, 0.3) is 0 Å². The van der Waals surface area contributed by atoms with E-state index < -0.39 is 0 Å². The average Bonchev–Trinajstić information content (AvgIpc) is 3.23. The first-order chi connectivity index (χ1) is 15.2. The van der Waals surface area contributed by atoms with Gasteiger partial charge in [-0.15, -0.1) is 0 Å². The molecule has 0 bridgehead atoms. The number of halogens is 1. The third kappa shape index (κ3) is 4.08. The average molecular weight is 425 g/mol. The molecule has 1 aromatic carbocycles. The second-order valence-electron chi connectivity index (χ2n) is 8.51. The molecule has 3 heterocycles. The van der Waals surface area contributed by atoms with Crippen molar-refractivity contribution >= 4 is 22.7 Å². The van der Waals surface area contributed by atoms with Crippen LogP contribution in [0.1, 0.15) is 49.3 Å². The Balaban J connectivity index is 1.44. The maximum Gasteiger partial charge on any atom is 0.229 e. The van der Waals surface area contributed by atoms with Gasteiger partial charge >= 0.3 is 0 Å². The van der Waals surface area contributed by atoms with Crippen LogP contribution in [0.25, 0.3) is 11.0 Å². The topological polar surface area (TPSA) is 68.1 Å². The number of hydrogen-bond acceptors (Lipinski definition) is 6. The lowest BCUT2D eigenvalue weighted by Crippen LogP contribution is -2.32. The van der Waals surface area contributed by atoms with Crippen LogP contribution in [0.3, 0.4) is 0 Å². The van der Waals surface area contributed by atoms with Crippen molar-refractivity contribution in [2.24, 2.45) is 0 Å². The predicted molar refractivity (Wildman–Crippen MR) is 119 cm³/mol. The molecule has 1 fully saturated rings. The molecule has 7 nitrogen and oxygen atoms in total. The van der Waals surface area contributed by atoms with E-state index in [1.807, 2.05) is 12.4 Å².